The molecule has 0 aromatic heterocycles. The van der Waals surface area contributed by atoms with Gasteiger partial charge in [0, 0.05) is 12.5 Å². The molecular weight excluding hydrogens is 264 g/mol. The molecule has 0 aromatic rings. The van der Waals surface area contributed by atoms with Crippen LogP contribution >= 0.6 is 0 Å². The molecule has 3 aliphatic rings. The Morgan fingerprint density at radius 2 is 2.38 bits per heavy atom. The van der Waals surface area contributed by atoms with E-state index in [1.54, 1.807) is 0 Å². The van der Waals surface area contributed by atoms with Crippen molar-refractivity contribution in [2.24, 2.45) is 23.2 Å². The minimum Gasteiger partial charge on any atom is -0.462 e. The summed E-state index contributed by atoms with van der Waals surface area (Å²) in [5.74, 6) is 0.642. The van der Waals surface area contributed by atoms with E-state index < -0.39 is 0 Å². The summed E-state index contributed by atoms with van der Waals surface area (Å²) in [5.41, 5.74) is 1.62. The predicted octanol–water partition coefficient (Wildman–Crippen LogP) is 2.41. The fourth-order valence-corrected chi connectivity index (χ4v) is 4.77. The zero-order chi connectivity index (χ0) is 15.0. The van der Waals surface area contributed by atoms with Crippen LogP contribution in [-0.2, 0) is 9.53 Å². The molecule has 5 unspecified atom stereocenters. The quantitative estimate of drug-likeness (QED) is 0.375. The van der Waals surface area contributed by atoms with Crippen molar-refractivity contribution >= 4 is 5.97 Å². The second-order valence-corrected chi connectivity index (χ2v) is 7.19. The molecule has 0 aromatic carbocycles. The minimum atomic E-state index is -0.0948. The van der Waals surface area contributed by atoms with E-state index in [0.29, 0.717) is 12.5 Å². The first-order valence-corrected chi connectivity index (χ1v) is 8.01. The highest BCUT2D eigenvalue weighted by Gasteiger charge is 2.54. The molecule has 3 rings (SSSR count). The third kappa shape index (κ3) is 2.48. The van der Waals surface area contributed by atoms with Crippen LogP contribution in [0.1, 0.15) is 39.0 Å². The average molecular weight is 288 g/mol. The maximum absolute atomic E-state index is 12.2. The maximum atomic E-state index is 12.2. The Kier molecular flexibility index (Phi) is 3.79. The summed E-state index contributed by atoms with van der Waals surface area (Å²) in [7, 11) is 0. The Morgan fingerprint density at radius 3 is 3.14 bits per heavy atom. The average Bonchev–Trinajstić information content (AvgIpc) is 2.72. The predicted molar refractivity (Wildman–Crippen MR) is 79.2 cm³/mol. The van der Waals surface area contributed by atoms with Crippen LogP contribution in [0.3, 0.4) is 0 Å². The number of ether oxygens (including phenoxy) is 1. The molecule has 0 spiro atoms. The molecule has 21 heavy (non-hydrogen) atoms. The highest BCUT2D eigenvalue weighted by molar-refractivity contribution is 5.75. The molecule has 5 atom stereocenters. The molecule has 4 heteroatoms. The first-order valence-electron chi connectivity index (χ1n) is 8.01. The number of carbonyl (C=O) groups is 1. The zero-order valence-electron chi connectivity index (χ0n) is 12.7. The molecule has 0 amide bonds. The van der Waals surface area contributed by atoms with E-state index in [1.807, 2.05) is 0 Å². The van der Waals surface area contributed by atoms with Crippen molar-refractivity contribution in [1.82, 2.24) is 5.32 Å². The molecule has 3 fully saturated rings. The van der Waals surface area contributed by atoms with Gasteiger partial charge in [-0.25, -0.2) is 0 Å². The van der Waals surface area contributed by atoms with E-state index in [9.17, 15) is 4.79 Å². The molecule has 4 nitrogen and oxygen atoms in total. The van der Waals surface area contributed by atoms with E-state index in [-0.39, 0.29) is 35.9 Å². The highest BCUT2D eigenvalue weighted by Crippen LogP contribution is 2.56. The van der Waals surface area contributed by atoms with E-state index in [4.69, 9.17) is 10.00 Å². The minimum absolute atomic E-state index is 0.0681. The number of nitrogens with one attached hydrogen (secondary N) is 1. The number of fused-ring (bicyclic) bond motifs is 2. The number of nitriles is 1. The normalized spacial score (nSPS) is 41.9. The fourth-order valence-electron chi connectivity index (χ4n) is 4.77. The smallest absolute Gasteiger partial charge is 0.310 e. The number of esters is 1. The Morgan fingerprint density at radius 1 is 1.57 bits per heavy atom. The van der Waals surface area contributed by atoms with E-state index in [1.165, 1.54) is 18.4 Å². The summed E-state index contributed by atoms with van der Waals surface area (Å²) in [6, 6.07) is 2.06. The summed E-state index contributed by atoms with van der Waals surface area (Å²) >= 11 is 0. The van der Waals surface area contributed by atoms with Gasteiger partial charge in [0.25, 0.3) is 0 Å². The molecule has 1 saturated heterocycles. The van der Waals surface area contributed by atoms with Gasteiger partial charge in [-0.1, -0.05) is 19.1 Å². The first kappa shape index (κ1) is 14.6. The lowest BCUT2D eigenvalue weighted by molar-refractivity contribution is -0.146. The largest absolute Gasteiger partial charge is 0.462 e. The summed E-state index contributed by atoms with van der Waals surface area (Å²) < 4.78 is 5.67. The lowest BCUT2D eigenvalue weighted by Gasteiger charge is -2.50. The molecule has 114 valence electrons. The van der Waals surface area contributed by atoms with Gasteiger partial charge in [-0.15, -0.1) is 0 Å². The second-order valence-electron chi connectivity index (χ2n) is 7.19. The summed E-state index contributed by atoms with van der Waals surface area (Å²) in [4.78, 5) is 12.2. The molecule has 1 heterocycles. The van der Waals surface area contributed by atoms with Gasteiger partial charge < -0.3 is 10.1 Å². The van der Waals surface area contributed by atoms with Crippen LogP contribution in [0.4, 0.5) is 0 Å². The van der Waals surface area contributed by atoms with Crippen molar-refractivity contribution < 1.29 is 9.53 Å². The van der Waals surface area contributed by atoms with Crippen molar-refractivity contribution in [3.8, 4) is 6.07 Å². The first-order chi connectivity index (χ1) is 10.0. The molecule has 1 aliphatic heterocycles. The third-order valence-corrected chi connectivity index (χ3v) is 5.89. The van der Waals surface area contributed by atoms with Gasteiger partial charge in [0.05, 0.1) is 18.5 Å². The van der Waals surface area contributed by atoms with Crippen LogP contribution in [0.2, 0.25) is 0 Å². The van der Waals surface area contributed by atoms with Crippen molar-refractivity contribution in [2.75, 3.05) is 13.1 Å². The SMILES string of the molecule is C=C1CCCC2(C)CC3OC(=O)C(CNCC#N)C3CC12. The Hall–Kier alpha value is -1.34. The van der Waals surface area contributed by atoms with Crippen LogP contribution in [0.5, 0.6) is 0 Å². The van der Waals surface area contributed by atoms with Crippen molar-refractivity contribution in [2.45, 2.75) is 45.1 Å². The van der Waals surface area contributed by atoms with Gasteiger partial charge in [-0.2, -0.15) is 5.26 Å². The number of allylic oxidation sites excluding steroid dienone is 1. The third-order valence-electron chi connectivity index (χ3n) is 5.89. The number of carbonyl (C=O) groups excluding carboxylic acids is 1. The highest BCUT2D eigenvalue weighted by atomic mass is 16.6. The second kappa shape index (κ2) is 5.46. The number of hydrogen-bond acceptors (Lipinski definition) is 4. The molecule has 2 saturated carbocycles. The lowest BCUT2D eigenvalue weighted by atomic mass is 9.55. The van der Waals surface area contributed by atoms with E-state index >= 15 is 0 Å². The Bertz CT molecular complexity index is 496. The lowest BCUT2D eigenvalue weighted by Crippen LogP contribution is -2.45. The van der Waals surface area contributed by atoms with Crippen molar-refractivity contribution in [3.63, 3.8) is 0 Å². The van der Waals surface area contributed by atoms with Crippen LogP contribution in [0.25, 0.3) is 0 Å². The van der Waals surface area contributed by atoms with Crippen LogP contribution in [-0.4, -0.2) is 25.2 Å². The van der Waals surface area contributed by atoms with E-state index in [2.05, 4.69) is 24.9 Å². The summed E-state index contributed by atoms with van der Waals surface area (Å²) in [6.07, 6.45) is 5.62. The van der Waals surface area contributed by atoms with Gasteiger partial charge in [0.2, 0.25) is 0 Å². The molecule has 1 N–H and O–H groups in total. The van der Waals surface area contributed by atoms with Crippen molar-refractivity contribution in [3.05, 3.63) is 12.2 Å². The Balaban J connectivity index is 1.75. The number of nitrogens with zero attached hydrogens (tertiary/aromatic N) is 1. The van der Waals surface area contributed by atoms with Crippen LogP contribution < -0.4 is 5.32 Å². The fraction of sp³-hybridized carbons (Fsp3) is 0.765. The molecule has 0 radical (unpaired) electrons. The Labute approximate surface area is 126 Å². The van der Waals surface area contributed by atoms with Gasteiger partial charge in [0.15, 0.2) is 0 Å². The summed E-state index contributed by atoms with van der Waals surface area (Å²) in [5, 5.41) is 11.7. The number of rotatable bonds is 3. The molecular formula is C17H24N2O2. The maximum Gasteiger partial charge on any atom is 0.310 e. The van der Waals surface area contributed by atoms with Gasteiger partial charge in [-0.05, 0) is 43.4 Å². The van der Waals surface area contributed by atoms with Gasteiger partial charge in [0.1, 0.15) is 6.10 Å². The van der Waals surface area contributed by atoms with Gasteiger partial charge in [-0.3, -0.25) is 4.79 Å². The molecule has 0 bridgehead atoms. The zero-order valence-corrected chi connectivity index (χ0v) is 12.7. The molecule has 2 aliphatic carbocycles. The standard InChI is InChI=1S/C17H24N2O2/c1-11-4-3-5-17(2)9-15-12(8-14(11)17)13(16(20)21-15)10-19-7-6-18/h12-15,19H,1,3-5,7-10H2,2H3. The van der Waals surface area contributed by atoms with Crippen LogP contribution in [0, 0.1) is 34.5 Å². The number of hydrogen-bond donors (Lipinski definition) is 1. The van der Waals surface area contributed by atoms with Gasteiger partial charge >= 0.3 is 5.97 Å². The van der Waals surface area contributed by atoms with Crippen LogP contribution in [0.15, 0.2) is 12.2 Å². The van der Waals surface area contributed by atoms with Crippen molar-refractivity contribution in [1.29, 1.82) is 5.26 Å². The summed E-state index contributed by atoms with van der Waals surface area (Å²) in [6.45, 7) is 7.48. The monoisotopic (exact) mass is 288 g/mol. The topological polar surface area (TPSA) is 62.1 Å². The van der Waals surface area contributed by atoms with E-state index in [0.717, 1.165) is 19.3 Å².